The average Bonchev–Trinajstić information content (AvgIpc) is 2.80. The standard InChI is InChI=1S/C13H13N5O/c1-17-8-15-16-12(17)7-18-11(14)6-9-4-2-3-5-10(9)13(18)19/h2-6,8H,7,14H2,1H3. The zero-order chi connectivity index (χ0) is 13.4. The molecule has 2 aromatic heterocycles. The molecule has 0 fully saturated rings. The van der Waals surface area contributed by atoms with E-state index < -0.39 is 0 Å². The van der Waals surface area contributed by atoms with Crippen molar-refractivity contribution >= 4 is 16.6 Å². The van der Waals surface area contributed by atoms with Crippen LogP contribution in [0.25, 0.3) is 10.8 Å². The zero-order valence-electron chi connectivity index (χ0n) is 10.4. The molecule has 96 valence electrons. The van der Waals surface area contributed by atoms with Crippen molar-refractivity contribution in [3.8, 4) is 0 Å². The SMILES string of the molecule is Cn1cnnc1Cn1c(N)cc2ccccc2c1=O. The molecular formula is C13H13N5O. The molecule has 0 aliphatic rings. The summed E-state index contributed by atoms with van der Waals surface area (Å²) in [5.41, 5.74) is 5.85. The summed E-state index contributed by atoms with van der Waals surface area (Å²) in [7, 11) is 1.83. The molecule has 0 saturated carbocycles. The lowest BCUT2D eigenvalue weighted by Gasteiger charge is -2.10. The Bertz CT molecular complexity index is 802. The van der Waals surface area contributed by atoms with Gasteiger partial charge < -0.3 is 10.3 Å². The van der Waals surface area contributed by atoms with Crippen molar-refractivity contribution in [3.05, 3.63) is 52.8 Å². The number of hydrogen-bond acceptors (Lipinski definition) is 4. The van der Waals surface area contributed by atoms with Crippen LogP contribution in [0.3, 0.4) is 0 Å². The van der Waals surface area contributed by atoms with E-state index in [0.29, 0.717) is 23.6 Å². The molecule has 0 saturated heterocycles. The lowest BCUT2D eigenvalue weighted by molar-refractivity contribution is 0.689. The molecule has 0 atom stereocenters. The van der Waals surface area contributed by atoms with Crippen LogP contribution in [0.4, 0.5) is 5.82 Å². The first-order valence-electron chi connectivity index (χ1n) is 5.88. The van der Waals surface area contributed by atoms with Crippen LogP contribution in [-0.4, -0.2) is 19.3 Å². The molecule has 2 N–H and O–H groups in total. The van der Waals surface area contributed by atoms with Gasteiger partial charge in [-0.05, 0) is 17.5 Å². The third-order valence-corrected chi connectivity index (χ3v) is 3.16. The quantitative estimate of drug-likeness (QED) is 0.733. The molecule has 0 unspecified atom stereocenters. The third kappa shape index (κ3) is 1.87. The van der Waals surface area contributed by atoms with Crippen LogP contribution in [-0.2, 0) is 13.6 Å². The van der Waals surface area contributed by atoms with Crippen LogP contribution in [0, 0.1) is 0 Å². The second-order valence-electron chi connectivity index (χ2n) is 4.41. The molecule has 6 nitrogen and oxygen atoms in total. The van der Waals surface area contributed by atoms with Crippen molar-refractivity contribution in [2.45, 2.75) is 6.54 Å². The van der Waals surface area contributed by atoms with Gasteiger partial charge in [-0.1, -0.05) is 18.2 Å². The fourth-order valence-corrected chi connectivity index (χ4v) is 2.07. The van der Waals surface area contributed by atoms with Gasteiger partial charge in [0.25, 0.3) is 5.56 Å². The Morgan fingerprint density at radius 2 is 2.11 bits per heavy atom. The van der Waals surface area contributed by atoms with E-state index in [9.17, 15) is 4.79 Å². The lowest BCUT2D eigenvalue weighted by Crippen LogP contribution is -2.24. The van der Waals surface area contributed by atoms with Crippen LogP contribution >= 0.6 is 0 Å². The molecule has 6 heteroatoms. The maximum Gasteiger partial charge on any atom is 0.260 e. The van der Waals surface area contributed by atoms with Gasteiger partial charge in [0.05, 0.1) is 6.54 Å². The fraction of sp³-hybridized carbons (Fsp3) is 0.154. The number of nitrogen functional groups attached to an aromatic ring is 1. The Morgan fingerprint density at radius 3 is 2.84 bits per heavy atom. The minimum absolute atomic E-state index is 0.112. The second-order valence-corrected chi connectivity index (χ2v) is 4.41. The summed E-state index contributed by atoms with van der Waals surface area (Å²) in [5, 5.41) is 9.27. The number of aromatic nitrogens is 4. The first kappa shape index (κ1) is 11.5. The Hall–Kier alpha value is -2.63. The number of pyridine rings is 1. The van der Waals surface area contributed by atoms with Gasteiger partial charge in [0.15, 0.2) is 5.82 Å². The van der Waals surface area contributed by atoms with Crippen LogP contribution in [0.5, 0.6) is 0 Å². The highest BCUT2D eigenvalue weighted by Gasteiger charge is 2.09. The predicted molar refractivity (Wildman–Crippen MR) is 72.7 cm³/mol. The number of nitrogens with two attached hydrogens (primary N) is 1. The number of fused-ring (bicyclic) bond motifs is 1. The largest absolute Gasteiger partial charge is 0.385 e. The molecule has 19 heavy (non-hydrogen) atoms. The zero-order valence-corrected chi connectivity index (χ0v) is 10.4. The first-order valence-corrected chi connectivity index (χ1v) is 5.88. The van der Waals surface area contributed by atoms with E-state index >= 15 is 0 Å². The lowest BCUT2D eigenvalue weighted by atomic mass is 10.1. The summed E-state index contributed by atoms with van der Waals surface area (Å²) in [4.78, 5) is 12.4. The van der Waals surface area contributed by atoms with Gasteiger partial charge in [0.1, 0.15) is 12.1 Å². The number of benzene rings is 1. The van der Waals surface area contributed by atoms with Gasteiger partial charge in [-0.15, -0.1) is 10.2 Å². The maximum absolute atomic E-state index is 12.4. The molecule has 0 aliphatic heterocycles. The first-order chi connectivity index (χ1) is 9.16. The highest BCUT2D eigenvalue weighted by Crippen LogP contribution is 2.13. The number of rotatable bonds is 2. The van der Waals surface area contributed by atoms with Gasteiger partial charge in [0, 0.05) is 12.4 Å². The van der Waals surface area contributed by atoms with Crippen molar-refractivity contribution in [2.24, 2.45) is 7.05 Å². The van der Waals surface area contributed by atoms with Crippen LogP contribution in [0.2, 0.25) is 0 Å². The molecule has 0 aliphatic carbocycles. The van der Waals surface area contributed by atoms with Crippen molar-refractivity contribution in [1.82, 2.24) is 19.3 Å². The van der Waals surface area contributed by atoms with E-state index in [1.54, 1.807) is 23.0 Å². The molecule has 0 bridgehead atoms. The van der Waals surface area contributed by atoms with Gasteiger partial charge in [-0.2, -0.15) is 0 Å². The number of aryl methyl sites for hydroxylation is 1. The number of anilines is 1. The van der Waals surface area contributed by atoms with Gasteiger partial charge in [-0.3, -0.25) is 9.36 Å². The topological polar surface area (TPSA) is 78.7 Å². The molecular weight excluding hydrogens is 242 g/mol. The summed E-state index contributed by atoms with van der Waals surface area (Å²) in [6, 6.07) is 9.19. The predicted octanol–water partition coefficient (Wildman–Crippen LogP) is 0.760. The van der Waals surface area contributed by atoms with Gasteiger partial charge >= 0.3 is 0 Å². The van der Waals surface area contributed by atoms with Crippen LogP contribution in [0.1, 0.15) is 5.82 Å². The van der Waals surface area contributed by atoms with Crippen molar-refractivity contribution in [1.29, 1.82) is 0 Å². The minimum Gasteiger partial charge on any atom is -0.385 e. The van der Waals surface area contributed by atoms with Gasteiger partial charge in [0.2, 0.25) is 0 Å². The summed E-state index contributed by atoms with van der Waals surface area (Å²) >= 11 is 0. The molecule has 3 rings (SSSR count). The Balaban J connectivity index is 2.19. The van der Waals surface area contributed by atoms with Crippen molar-refractivity contribution in [2.75, 3.05) is 5.73 Å². The van der Waals surface area contributed by atoms with E-state index in [0.717, 1.165) is 5.39 Å². The molecule has 0 amide bonds. The summed E-state index contributed by atoms with van der Waals surface area (Å²) in [6.07, 6.45) is 1.59. The Kier molecular flexibility index (Phi) is 2.56. The van der Waals surface area contributed by atoms with E-state index in [4.69, 9.17) is 5.73 Å². The normalized spacial score (nSPS) is 11.0. The van der Waals surface area contributed by atoms with Crippen LogP contribution in [0.15, 0.2) is 41.5 Å². The van der Waals surface area contributed by atoms with Gasteiger partial charge in [-0.25, -0.2) is 0 Å². The highest BCUT2D eigenvalue weighted by atomic mass is 16.1. The summed E-state index contributed by atoms with van der Waals surface area (Å²) in [6.45, 7) is 0.312. The molecule has 2 heterocycles. The number of nitrogens with zero attached hydrogens (tertiary/aromatic N) is 4. The molecule has 0 radical (unpaired) electrons. The number of hydrogen-bond donors (Lipinski definition) is 1. The summed E-state index contributed by atoms with van der Waals surface area (Å²) in [5.74, 6) is 1.11. The average molecular weight is 255 g/mol. The monoisotopic (exact) mass is 255 g/mol. The van der Waals surface area contributed by atoms with E-state index in [1.807, 2.05) is 25.2 Å². The minimum atomic E-state index is -0.112. The van der Waals surface area contributed by atoms with E-state index in [-0.39, 0.29) is 5.56 Å². The summed E-state index contributed by atoms with van der Waals surface area (Å²) < 4.78 is 3.27. The maximum atomic E-state index is 12.4. The molecule has 3 aromatic rings. The second kappa shape index (κ2) is 4.24. The Morgan fingerprint density at radius 1 is 1.32 bits per heavy atom. The van der Waals surface area contributed by atoms with E-state index in [1.165, 1.54) is 4.57 Å². The fourth-order valence-electron chi connectivity index (χ4n) is 2.07. The van der Waals surface area contributed by atoms with Crippen molar-refractivity contribution < 1.29 is 0 Å². The Labute approximate surface area is 109 Å². The highest BCUT2D eigenvalue weighted by molar-refractivity contribution is 5.83. The van der Waals surface area contributed by atoms with E-state index in [2.05, 4.69) is 10.2 Å². The smallest absolute Gasteiger partial charge is 0.260 e. The molecule has 1 aromatic carbocycles. The van der Waals surface area contributed by atoms with Crippen molar-refractivity contribution in [3.63, 3.8) is 0 Å². The third-order valence-electron chi connectivity index (χ3n) is 3.16. The molecule has 0 spiro atoms. The van der Waals surface area contributed by atoms with Crippen LogP contribution < -0.4 is 11.3 Å².